The van der Waals surface area contributed by atoms with E-state index in [9.17, 15) is 4.79 Å². The number of ether oxygens (including phenoxy) is 2. The number of amides is 1. The third-order valence-corrected chi connectivity index (χ3v) is 3.98. The van der Waals surface area contributed by atoms with Crippen LogP contribution in [0.25, 0.3) is 11.3 Å². The molecule has 0 aliphatic carbocycles. The van der Waals surface area contributed by atoms with Gasteiger partial charge in [-0.2, -0.15) is 10.2 Å². The fraction of sp³-hybridized carbons (Fsp3) is 0.150. The number of H-pyrrole nitrogens is 1. The van der Waals surface area contributed by atoms with E-state index in [0.29, 0.717) is 28.5 Å². The molecule has 3 aromatic rings. The van der Waals surface area contributed by atoms with Gasteiger partial charge in [-0.25, -0.2) is 5.43 Å². The minimum Gasteiger partial charge on any atom is -0.497 e. The first-order valence-electron chi connectivity index (χ1n) is 8.28. The molecule has 7 heteroatoms. The third kappa shape index (κ3) is 4.33. The summed E-state index contributed by atoms with van der Waals surface area (Å²) in [7, 11) is 3.14. The van der Waals surface area contributed by atoms with E-state index < -0.39 is 0 Å². The molecule has 0 radical (unpaired) electrons. The number of hydrazone groups is 1. The number of carbonyl (C=O) groups is 1. The maximum absolute atomic E-state index is 12.2. The van der Waals surface area contributed by atoms with Gasteiger partial charge in [0, 0.05) is 17.2 Å². The predicted octanol–water partition coefficient (Wildman–Crippen LogP) is 3.17. The molecular weight excluding hydrogens is 344 g/mol. The van der Waals surface area contributed by atoms with Crippen molar-refractivity contribution in [3.8, 4) is 22.8 Å². The van der Waals surface area contributed by atoms with Crippen LogP contribution in [0.5, 0.6) is 11.5 Å². The van der Waals surface area contributed by atoms with Gasteiger partial charge in [-0.15, -0.1) is 0 Å². The number of aromatic nitrogens is 2. The second-order valence-electron chi connectivity index (χ2n) is 5.84. The number of carbonyl (C=O) groups excluding carboxylic acids is 1. The molecule has 0 spiro atoms. The van der Waals surface area contributed by atoms with Crippen LogP contribution in [0.3, 0.4) is 0 Å². The average Bonchev–Trinajstić information content (AvgIpc) is 3.19. The van der Waals surface area contributed by atoms with E-state index in [4.69, 9.17) is 9.47 Å². The molecule has 1 amide bonds. The standard InChI is InChI=1S/C20H20N4O3/c1-13-4-6-14(7-5-13)17-11-18(23-22-17)20(25)24-21-12-15-8-9-16(26-2)10-19(15)27-3/h4-12H,1-3H3,(H,22,23)(H,24,25). The van der Waals surface area contributed by atoms with Gasteiger partial charge in [0.2, 0.25) is 0 Å². The Morgan fingerprint density at radius 1 is 1.11 bits per heavy atom. The maximum Gasteiger partial charge on any atom is 0.289 e. The summed E-state index contributed by atoms with van der Waals surface area (Å²) in [4.78, 5) is 12.2. The van der Waals surface area contributed by atoms with Crippen molar-refractivity contribution in [2.24, 2.45) is 5.10 Å². The molecule has 2 aromatic carbocycles. The van der Waals surface area contributed by atoms with Crippen molar-refractivity contribution in [2.45, 2.75) is 6.92 Å². The van der Waals surface area contributed by atoms with Gasteiger partial charge in [-0.3, -0.25) is 9.89 Å². The third-order valence-electron chi connectivity index (χ3n) is 3.98. The van der Waals surface area contributed by atoms with E-state index in [-0.39, 0.29) is 5.91 Å². The van der Waals surface area contributed by atoms with Gasteiger partial charge in [0.15, 0.2) is 0 Å². The SMILES string of the molecule is COc1ccc(C=NNC(=O)c2cc(-c3ccc(C)cc3)n[nH]2)c(OC)c1. The predicted molar refractivity (Wildman–Crippen MR) is 103 cm³/mol. The van der Waals surface area contributed by atoms with Crippen LogP contribution in [0.4, 0.5) is 0 Å². The molecule has 2 N–H and O–H groups in total. The Morgan fingerprint density at radius 2 is 1.89 bits per heavy atom. The van der Waals surface area contributed by atoms with Crippen LogP contribution in [0, 0.1) is 6.92 Å². The summed E-state index contributed by atoms with van der Waals surface area (Å²) < 4.78 is 10.4. The van der Waals surface area contributed by atoms with Gasteiger partial charge in [-0.05, 0) is 25.1 Å². The summed E-state index contributed by atoms with van der Waals surface area (Å²) in [5.41, 5.74) is 6.30. The van der Waals surface area contributed by atoms with E-state index in [1.807, 2.05) is 31.2 Å². The molecule has 0 saturated heterocycles. The van der Waals surface area contributed by atoms with E-state index in [0.717, 1.165) is 11.1 Å². The molecule has 3 rings (SSSR count). The molecule has 7 nitrogen and oxygen atoms in total. The van der Waals surface area contributed by atoms with Crippen molar-refractivity contribution in [1.29, 1.82) is 0 Å². The second-order valence-corrected chi connectivity index (χ2v) is 5.84. The molecule has 0 aliphatic heterocycles. The molecule has 1 heterocycles. The number of hydrogen-bond acceptors (Lipinski definition) is 5. The molecule has 0 fully saturated rings. The van der Waals surface area contributed by atoms with Crippen LogP contribution in [-0.2, 0) is 0 Å². The largest absolute Gasteiger partial charge is 0.497 e. The van der Waals surface area contributed by atoms with E-state index in [1.165, 1.54) is 6.21 Å². The maximum atomic E-state index is 12.2. The summed E-state index contributed by atoms with van der Waals surface area (Å²) in [5.74, 6) is 0.884. The molecule has 0 atom stereocenters. The van der Waals surface area contributed by atoms with Crippen molar-refractivity contribution in [2.75, 3.05) is 14.2 Å². The molecule has 0 saturated carbocycles. The number of nitrogens with zero attached hydrogens (tertiary/aromatic N) is 2. The first-order chi connectivity index (χ1) is 13.1. The van der Waals surface area contributed by atoms with Crippen molar-refractivity contribution in [1.82, 2.24) is 15.6 Å². The first kappa shape index (κ1) is 18.2. The Balaban J connectivity index is 1.68. The van der Waals surface area contributed by atoms with Crippen LogP contribution < -0.4 is 14.9 Å². The molecule has 0 aliphatic rings. The van der Waals surface area contributed by atoms with Crippen LogP contribution in [0.1, 0.15) is 21.6 Å². The lowest BCUT2D eigenvalue weighted by molar-refractivity contribution is 0.0950. The zero-order chi connectivity index (χ0) is 19.2. The number of benzene rings is 2. The van der Waals surface area contributed by atoms with Crippen molar-refractivity contribution in [3.05, 3.63) is 65.4 Å². The van der Waals surface area contributed by atoms with E-state index in [2.05, 4.69) is 20.7 Å². The van der Waals surface area contributed by atoms with E-state index in [1.54, 1.807) is 38.5 Å². The number of hydrogen-bond donors (Lipinski definition) is 2. The minimum absolute atomic E-state index is 0.324. The van der Waals surface area contributed by atoms with Crippen LogP contribution in [-0.4, -0.2) is 36.5 Å². The number of aromatic amines is 1. The lowest BCUT2D eigenvalue weighted by Gasteiger charge is -2.06. The smallest absolute Gasteiger partial charge is 0.289 e. The number of nitrogens with one attached hydrogen (secondary N) is 2. The Hall–Kier alpha value is -3.61. The highest BCUT2D eigenvalue weighted by Crippen LogP contribution is 2.23. The van der Waals surface area contributed by atoms with E-state index >= 15 is 0 Å². The summed E-state index contributed by atoms with van der Waals surface area (Å²) in [5, 5.41) is 10.9. The van der Waals surface area contributed by atoms with Gasteiger partial charge in [0.1, 0.15) is 17.2 Å². The summed E-state index contributed by atoms with van der Waals surface area (Å²) in [6.07, 6.45) is 1.51. The second kappa shape index (κ2) is 8.18. The monoisotopic (exact) mass is 364 g/mol. The van der Waals surface area contributed by atoms with Crippen LogP contribution in [0.2, 0.25) is 0 Å². The Bertz CT molecular complexity index is 962. The van der Waals surface area contributed by atoms with Gasteiger partial charge < -0.3 is 9.47 Å². The van der Waals surface area contributed by atoms with Gasteiger partial charge >= 0.3 is 0 Å². The molecule has 138 valence electrons. The first-order valence-corrected chi connectivity index (χ1v) is 8.28. The molecular formula is C20H20N4O3. The lowest BCUT2D eigenvalue weighted by atomic mass is 10.1. The van der Waals surface area contributed by atoms with Gasteiger partial charge in [-0.1, -0.05) is 29.8 Å². The normalized spacial score (nSPS) is 10.8. The van der Waals surface area contributed by atoms with Crippen LogP contribution in [0.15, 0.2) is 53.6 Å². The number of aryl methyl sites for hydroxylation is 1. The molecule has 1 aromatic heterocycles. The Kier molecular flexibility index (Phi) is 5.51. The zero-order valence-corrected chi connectivity index (χ0v) is 15.3. The van der Waals surface area contributed by atoms with Crippen molar-refractivity contribution in [3.63, 3.8) is 0 Å². The zero-order valence-electron chi connectivity index (χ0n) is 15.3. The quantitative estimate of drug-likeness (QED) is 0.519. The van der Waals surface area contributed by atoms with Gasteiger partial charge in [0.05, 0.1) is 26.1 Å². The Morgan fingerprint density at radius 3 is 2.59 bits per heavy atom. The number of methoxy groups -OCH3 is 2. The molecule has 27 heavy (non-hydrogen) atoms. The van der Waals surface area contributed by atoms with Crippen molar-refractivity contribution >= 4 is 12.1 Å². The van der Waals surface area contributed by atoms with Gasteiger partial charge in [0.25, 0.3) is 5.91 Å². The highest BCUT2D eigenvalue weighted by Gasteiger charge is 2.10. The topological polar surface area (TPSA) is 88.6 Å². The average molecular weight is 364 g/mol. The molecule has 0 bridgehead atoms. The summed E-state index contributed by atoms with van der Waals surface area (Å²) in [6, 6.07) is 14.9. The summed E-state index contributed by atoms with van der Waals surface area (Å²) in [6.45, 7) is 2.02. The lowest BCUT2D eigenvalue weighted by Crippen LogP contribution is -2.18. The fourth-order valence-corrected chi connectivity index (χ4v) is 2.46. The number of rotatable bonds is 6. The molecule has 0 unspecified atom stereocenters. The minimum atomic E-state index is -0.385. The fourth-order valence-electron chi connectivity index (χ4n) is 2.46. The van der Waals surface area contributed by atoms with Crippen molar-refractivity contribution < 1.29 is 14.3 Å². The van der Waals surface area contributed by atoms with Crippen LogP contribution >= 0.6 is 0 Å². The highest BCUT2D eigenvalue weighted by atomic mass is 16.5. The Labute approximate surface area is 157 Å². The highest BCUT2D eigenvalue weighted by molar-refractivity contribution is 5.94. The summed E-state index contributed by atoms with van der Waals surface area (Å²) >= 11 is 0.